The number of carbonyl (C=O) groups excluding carboxylic acids is 3. The van der Waals surface area contributed by atoms with Gasteiger partial charge in [-0.05, 0) is 62.2 Å². The largest absolute Gasteiger partial charge is 0.494 e. The number of thioether (sulfide) groups is 1. The molecule has 1 atom stereocenters. The first kappa shape index (κ1) is 26.9. The third kappa shape index (κ3) is 5.87. The van der Waals surface area contributed by atoms with Gasteiger partial charge in [-0.2, -0.15) is 5.26 Å². The maximum absolute atomic E-state index is 13.6. The van der Waals surface area contributed by atoms with Crippen LogP contribution in [0.3, 0.4) is 0 Å². The molecule has 0 N–H and O–H groups in total. The van der Waals surface area contributed by atoms with Crippen LogP contribution in [0.1, 0.15) is 35.7 Å². The molecule has 1 unspecified atom stereocenters. The number of imide groups is 1. The number of carbonyl (C=O) groups is 3. The van der Waals surface area contributed by atoms with Crippen LogP contribution in [-0.2, 0) is 20.9 Å². The summed E-state index contributed by atoms with van der Waals surface area (Å²) >= 11 is 1.16. The third-order valence-corrected chi connectivity index (χ3v) is 7.14. The molecular weight excluding hydrogens is 500 g/mol. The minimum absolute atomic E-state index is 0.0293. The van der Waals surface area contributed by atoms with Crippen LogP contribution in [0, 0.1) is 25.2 Å². The minimum Gasteiger partial charge on any atom is -0.494 e. The van der Waals surface area contributed by atoms with Crippen LogP contribution in [0.5, 0.6) is 5.75 Å². The van der Waals surface area contributed by atoms with E-state index in [0.717, 1.165) is 33.5 Å². The lowest BCUT2D eigenvalue weighted by Crippen LogP contribution is -2.45. The molecule has 0 radical (unpaired) electrons. The minimum atomic E-state index is -0.940. The van der Waals surface area contributed by atoms with Crippen molar-refractivity contribution in [3.8, 4) is 11.8 Å². The number of ether oxygens (including phenoxy) is 1. The SMILES string of the molecule is CCOc1ccc(N2C(=O)CC(N(Cc3ccccc3)C(=O)CSc3nc(C)cc(C)c3C#N)C2=O)cc1. The second-order valence-electron chi connectivity index (χ2n) is 8.88. The van der Waals surface area contributed by atoms with E-state index in [-0.39, 0.29) is 30.5 Å². The van der Waals surface area contributed by atoms with E-state index in [0.29, 0.717) is 28.6 Å². The number of benzene rings is 2. The van der Waals surface area contributed by atoms with Gasteiger partial charge in [-0.25, -0.2) is 9.88 Å². The Labute approximate surface area is 226 Å². The molecule has 1 fully saturated rings. The third-order valence-electron chi connectivity index (χ3n) is 6.18. The number of nitrogens with zero attached hydrogens (tertiary/aromatic N) is 4. The van der Waals surface area contributed by atoms with E-state index in [9.17, 15) is 19.6 Å². The number of pyridine rings is 1. The molecular formula is C29H28N4O4S. The molecule has 2 aromatic carbocycles. The summed E-state index contributed by atoms with van der Waals surface area (Å²) in [6, 6.07) is 19.1. The average Bonchev–Trinajstić information content (AvgIpc) is 3.20. The van der Waals surface area contributed by atoms with Gasteiger partial charge >= 0.3 is 0 Å². The second-order valence-corrected chi connectivity index (χ2v) is 9.85. The molecule has 1 aromatic heterocycles. The molecule has 8 nitrogen and oxygen atoms in total. The Morgan fingerprint density at radius 2 is 1.87 bits per heavy atom. The van der Waals surface area contributed by atoms with E-state index in [1.165, 1.54) is 4.90 Å². The summed E-state index contributed by atoms with van der Waals surface area (Å²) < 4.78 is 5.46. The lowest BCUT2D eigenvalue weighted by Gasteiger charge is -2.28. The van der Waals surface area contributed by atoms with Crippen LogP contribution in [0.2, 0.25) is 0 Å². The molecule has 0 spiro atoms. The molecule has 38 heavy (non-hydrogen) atoms. The highest BCUT2D eigenvalue weighted by molar-refractivity contribution is 8.00. The molecule has 4 rings (SSSR count). The van der Waals surface area contributed by atoms with Gasteiger partial charge in [0.25, 0.3) is 5.91 Å². The van der Waals surface area contributed by atoms with E-state index in [2.05, 4.69) is 11.1 Å². The smallest absolute Gasteiger partial charge is 0.257 e. The number of aromatic nitrogens is 1. The summed E-state index contributed by atoms with van der Waals surface area (Å²) in [6.45, 7) is 6.22. The lowest BCUT2D eigenvalue weighted by molar-refractivity contribution is -0.136. The number of hydrogen-bond donors (Lipinski definition) is 0. The van der Waals surface area contributed by atoms with Crippen LogP contribution in [0.15, 0.2) is 65.7 Å². The standard InChI is InChI=1S/C29H28N4O4S/c1-4-37-23-12-10-22(11-13-23)33-26(34)15-25(29(33)36)32(17-21-8-6-5-7-9-21)27(35)18-38-28-24(16-30)19(2)14-20(3)31-28/h5-14,25H,4,15,17-18H2,1-3H3. The van der Waals surface area contributed by atoms with Crippen LogP contribution in [0.25, 0.3) is 0 Å². The Morgan fingerprint density at radius 1 is 1.16 bits per heavy atom. The van der Waals surface area contributed by atoms with Gasteiger partial charge in [-0.1, -0.05) is 42.1 Å². The summed E-state index contributed by atoms with van der Waals surface area (Å²) in [6.07, 6.45) is -0.111. The number of aryl methyl sites for hydroxylation is 2. The second kappa shape index (κ2) is 11.9. The van der Waals surface area contributed by atoms with E-state index in [1.807, 2.05) is 57.2 Å². The highest BCUT2D eigenvalue weighted by Gasteiger charge is 2.44. The number of anilines is 1. The Hall–Kier alpha value is -4.16. The van der Waals surface area contributed by atoms with E-state index >= 15 is 0 Å². The van der Waals surface area contributed by atoms with Crippen molar-refractivity contribution in [2.24, 2.45) is 0 Å². The zero-order valence-corrected chi connectivity index (χ0v) is 22.3. The van der Waals surface area contributed by atoms with Gasteiger partial charge in [0.15, 0.2) is 0 Å². The Bertz CT molecular complexity index is 1390. The highest BCUT2D eigenvalue weighted by Crippen LogP contribution is 2.30. The van der Waals surface area contributed by atoms with Crippen LogP contribution < -0.4 is 9.64 Å². The molecule has 3 aromatic rings. The first-order valence-corrected chi connectivity index (χ1v) is 13.2. The monoisotopic (exact) mass is 528 g/mol. The summed E-state index contributed by atoms with van der Waals surface area (Å²) in [7, 11) is 0. The zero-order valence-electron chi connectivity index (χ0n) is 21.5. The molecule has 194 valence electrons. The van der Waals surface area contributed by atoms with E-state index in [4.69, 9.17) is 4.74 Å². The number of hydrogen-bond acceptors (Lipinski definition) is 7. The Kier molecular flexibility index (Phi) is 8.44. The molecule has 1 aliphatic rings. The van der Waals surface area contributed by atoms with Crippen molar-refractivity contribution in [2.45, 2.75) is 44.8 Å². The fourth-order valence-electron chi connectivity index (χ4n) is 4.40. The zero-order chi connectivity index (χ0) is 27.2. The van der Waals surface area contributed by atoms with Gasteiger partial charge in [0, 0.05) is 12.2 Å². The van der Waals surface area contributed by atoms with Crippen molar-refractivity contribution in [1.29, 1.82) is 5.26 Å². The fourth-order valence-corrected chi connectivity index (χ4v) is 5.38. The highest BCUT2D eigenvalue weighted by atomic mass is 32.2. The van der Waals surface area contributed by atoms with Gasteiger partial charge in [-0.15, -0.1) is 0 Å². The molecule has 3 amide bonds. The van der Waals surface area contributed by atoms with Crippen LogP contribution in [0.4, 0.5) is 5.69 Å². The number of rotatable bonds is 9. The molecule has 0 aliphatic carbocycles. The summed E-state index contributed by atoms with van der Waals surface area (Å²) in [5.74, 6) is -0.524. The fraction of sp³-hybridized carbons (Fsp3) is 0.276. The van der Waals surface area contributed by atoms with Gasteiger partial charge < -0.3 is 9.64 Å². The van der Waals surface area contributed by atoms with Crippen LogP contribution in [-0.4, -0.2) is 46.0 Å². The number of nitriles is 1. The predicted molar refractivity (Wildman–Crippen MR) is 145 cm³/mol. The van der Waals surface area contributed by atoms with Crippen LogP contribution >= 0.6 is 11.8 Å². The van der Waals surface area contributed by atoms with E-state index in [1.54, 1.807) is 24.3 Å². The summed E-state index contributed by atoms with van der Waals surface area (Å²) in [5, 5.41) is 10.1. The van der Waals surface area contributed by atoms with Crippen molar-refractivity contribution in [3.63, 3.8) is 0 Å². The maximum atomic E-state index is 13.6. The molecule has 9 heteroatoms. The van der Waals surface area contributed by atoms with Crippen molar-refractivity contribution in [3.05, 3.63) is 83.0 Å². The average molecular weight is 529 g/mol. The summed E-state index contributed by atoms with van der Waals surface area (Å²) in [4.78, 5) is 47.2. The molecule has 1 aliphatic heterocycles. The van der Waals surface area contributed by atoms with Gasteiger partial charge in [-0.3, -0.25) is 14.4 Å². The lowest BCUT2D eigenvalue weighted by atomic mass is 10.1. The van der Waals surface area contributed by atoms with Gasteiger partial charge in [0.2, 0.25) is 11.8 Å². The molecule has 1 saturated heterocycles. The maximum Gasteiger partial charge on any atom is 0.257 e. The topological polar surface area (TPSA) is 104 Å². The van der Waals surface area contributed by atoms with Crippen molar-refractivity contribution >= 4 is 35.2 Å². The quantitative estimate of drug-likeness (QED) is 0.299. The number of amides is 3. The van der Waals surface area contributed by atoms with Gasteiger partial charge in [0.1, 0.15) is 22.9 Å². The molecule has 0 saturated carbocycles. The van der Waals surface area contributed by atoms with Crippen molar-refractivity contribution in [1.82, 2.24) is 9.88 Å². The Balaban J connectivity index is 1.59. The van der Waals surface area contributed by atoms with Crippen molar-refractivity contribution < 1.29 is 19.1 Å². The Morgan fingerprint density at radius 3 is 2.53 bits per heavy atom. The summed E-state index contributed by atoms with van der Waals surface area (Å²) in [5.41, 5.74) is 3.24. The predicted octanol–water partition coefficient (Wildman–Crippen LogP) is 4.42. The normalized spacial score (nSPS) is 14.9. The first-order chi connectivity index (χ1) is 18.3. The van der Waals surface area contributed by atoms with E-state index < -0.39 is 11.9 Å². The molecule has 0 bridgehead atoms. The first-order valence-electron chi connectivity index (χ1n) is 12.3. The molecule has 2 heterocycles. The van der Waals surface area contributed by atoms with Gasteiger partial charge in [0.05, 0.1) is 30.0 Å². The van der Waals surface area contributed by atoms with Crippen molar-refractivity contribution in [2.75, 3.05) is 17.3 Å².